The zero-order valence-electron chi connectivity index (χ0n) is 15.9. The first-order valence-electron chi connectivity index (χ1n) is 9.48. The molecule has 0 amide bonds. The van der Waals surface area contributed by atoms with E-state index in [-0.39, 0.29) is 10.6 Å². The number of nitrogens with zero attached hydrogens (tertiary/aromatic N) is 2. The second-order valence-corrected chi connectivity index (χ2v) is 7.15. The summed E-state index contributed by atoms with van der Waals surface area (Å²) in [4.78, 5) is 11.2. The summed E-state index contributed by atoms with van der Waals surface area (Å²) in [5.41, 5.74) is 6.13. The van der Waals surface area contributed by atoms with Crippen LogP contribution in [0.2, 0.25) is 0 Å². The fourth-order valence-electron chi connectivity index (χ4n) is 4.09. The van der Waals surface area contributed by atoms with Gasteiger partial charge in [0.25, 0.3) is 5.69 Å². The molecule has 0 atom stereocenters. The van der Waals surface area contributed by atoms with E-state index in [1.54, 1.807) is 18.2 Å². The summed E-state index contributed by atoms with van der Waals surface area (Å²) in [5.74, 6) is 0. The molecule has 4 heteroatoms. The topological polar surface area (TPSA) is 48.1 Å². The molecule has 5 aromatic rings. The first-order chi connectivity index (χ1) is 14.1. The molecule has 0 fully saturated rings. The lowest BCUT2D eigenvalue weighted by atomic mass is 10.0. The highest BCUT2D eigenvalue weighted by Crippen LogP contribution is 2.37. The highest BCUT2D eigenvalue weighted by Gasteiger charge is 2.17. The first-order valence-corrected chi connectivity index (χ1v) is 9.48. The fraction of sp³-hybridized carbons (Fsp3) is 0.0400. The molecule has 0 unspecified atom stereocenters. The molecule has 1 heterocycles. The molecular formula is C25H18N2O2. The minimum absolute atomic E-state index is 0.120. The molecule has 0 saturated carbocycles. The highest BCUT2D eigenvalue weighted by atomic mass is 16.6. The third-order valence-corrected chi connectivity index (χ3v) is 5.44. The molecule has 0 spiro atoms. The number of nitro groups is 1. The van der Waals surface area contributed by atoms with Crippen LogP contribution in [-0.4, -0.2) is 9.49 Å². The van der Waals surface area contributed by atoms with E-state index in [1.165, 1.54) is 5.56 Å². The average Bonchev–Trinajstić information content (AvgIpc) is 3.08. The van der Waals surface area contributed by atoms with Crippen molar-refractivity contribution in [3.63, 3.8) is 0 Å². The van der Waals surface area contributed by atoms with E-state index in [9.17, 15) is 10.1 Å². The zero-order valence-corrected chi connectivity index (χ0v) is 15.9. The second kappa shape index (κ2) is 6.60. The molecule has 29 heavy (non-hydrogen) atoms. The number of nitro benzene ring substituents is 1. The standard InChI is InChI=1S/C25H18N2O2/c1-17-8-2-5-11-22(17)26-23-12-6-4-10-20(23)21-16-18(14-15-24(21)26)19-9-3-7-13-25(19)27(28)29/h2-16H,1H3. The van der Waals surface area contributed by atoms with Crippen molar-refractivity contribution < 1.29 is 4.92 Å². The van der Waals surface area contributed by atoms with Crippen molar-refractivity contribution in [3.8, 4) is 16.8 Å². The Bertz CT molecular complexity index is 1400. The lowest BCUT2D eigenvalue weighted by Gasteiger charge is -2.11. The van der Waals surface area contributed by atoms with E-state index in [4.69, 9.17) is 0 Å². The molecule has 140 valence electrons. The maximum Gasteiger partial charge on any atom is 0.277 e. The molecule has 0 radical (unpaired) electrons. The van der Waals surface area contributed by atoms with Gasteiger partial charge in [-0.15, -0.1) is 0 Å². The Hall–Kier alpha value is -3.92. The van der Waals surface area contributed by atoms with Gasteiger partial charge in [0.2, 0.25) is 0 Å². The zero-order chi connectivity index (χ0) is 20.0. The number of para-hydroxylation sites is 3. The third kappa shape index (κ3) is 2.69. The van der Waals surface area contributed by atoms with Gasteiger partial charge >= 0.3 is 0 Å². The van der Waals surface area contributed by atoms with E-state index >= 15 is 0 Å². The molecule has 0 bridgehead atoms. The van der Waals surface area contributed by atoms with Crippen LogP contribution < -0.4 is 0 Å². The summed E-state index contributed by atoms with van der Waals surface area (Å²) in [5, 5.41) is 13.7. The molecule has 1 aromatic heterocycles. The molecule has 4 nitrogen and oxygen atoms in total. The second-order valence-electron chi connectivity index (χ2n) is 7.15. The van der Waals surface area contributed by atoms with Crippen molar-refractivity contribution in [2.75, 3.05) is 0 Å². The number of hydrogen-bond acceptors (Lipinski definition) is 2. The summed E-state index contributed by atoms with van der Waals surface area (Å²) in [6.45, 7) is 2.11. The van der Waals surface area contributed by atoms with Gasteiger partial charge in [0.15, 0.2) is 0 Å². The summed E-state index contributed by atoms with van der Waals surface area (Å²) in [7, 11) is 0. The van der Waals surface area contributed by atoms with E-state index in [0.717, 1.165) is 33.1 Å². The molecule has 5 rings (SSSR count). The predicted octanol–water partition coefficient (Wildman–Crippen LogP) is 6.67. The molecular weight excluding hydrogens is 360 g/mol. The number of aryl methyl sites for hydroxylation is 1. The van der Waals surface area contributed by atoms with Gasteiger partial charge in [-0.3, -0.25) is 10.1 Å². The Morgan fingerprint density at radius 3 is 2.28 bits per heavy atom. The van der Waals surface area contributed by atoms with E-state index < -0.39 is 0 Å². The summed E-state index contributed by atoms with van der Waals surface area (Å²) in [6.07, 6.45) is 0. The molecule has 0 aliphatic heterocycles. The van der Waals surface area contributed by atoms with Gasteiger partial charge in [0.1, 0.15) is 0 Å². The highest BCUT2D eigenvalue weighted by molar-refractivity contribution is 6.10. The first kappa shape index (κ1) is 17.2. The van der Waals surface area contributed by atoms with Crippen LogP contribution in [0.4, 0.5) is 5.69 Å². The van der Waals surface area contributed by atoms with E-state index in [1.807, 2.05) is 36.4 Å². The minimum Gasteiger partial charge on any atom is -0.309 e. The van der Waals surface area contributed by atoms with Crippen LogP contribution in [0, 0.1) is 17.0 Å². The van der Waals surface area contributed by atoms with Crippen molar-refractivity contribution in [2.45, 2.75) is 6.92 Å². The van der Waals surface area contributed by atoms with Gasteiger partial charge in [0.05, 0.1) is 21.5 Å². The van der Waals surface area contributed by atoms with Gasteiger partial charge in [0, 0.05) is 22.5 Å². The summed E-state index contributed by atoms with van der Waals surface area (Å²) < 4.78 is 2.27. The summed E-state index contributed by atoms with van der Waals surface area (Å²) >= 11 is 0. The molecule has 0 aliphatic rings. The molecule has 0 saturated heterocycles. The number of fused-ring (bicyclic) bond motifs is 3. The fourth-order valence-corrected chi connectivity index (χ4v) is 4.09. The van der Waals surface area contributed by atoms with Crippen molar-refractivity contribution in [1.29, 1.82) is 0 Å². The van der Waals surface area contributed by atoms with Gasteiger partial charge in [-0.1, -0.05) is 54.6 Å². The third-order valence-electron chi connectivity index (χ3n) is 5.44. The van der Waals surface area contributed by atoms with Gasteiger partial charge in [-0.25, -0.2) is 0 Å². The Labute approximate surface area is 167 Å². The average molecular weight is 378 g/mol. The lowest BCUT2D eigenvalue weighted by Crippen LogP contribution is -1.96. The van der Waals surface area contributed by atoms with E-state index in [0.29, 0.717) is 5.56 Å². The van der Waals surface area contributed by atoms with Crippen molar-refractivity contribution >= 4 is 27.5 Å². The minimum atomic E-state index is -0.323. The van der Waals surface area contributed by atoms with Crippen molar-refractivity contribution in [1.82, 2.24) is 4.57 Å². The van der Waals surface area contributed by atoms with Crippen molar-refractivity contribution in [3.05, 3.63) is 107 Å². The van der Waals surface area contributed by atoms with Gasteiger partial charge in [-0.2, -0.15) is 0 Å². The van der Waals surface area contributed by atoms with Crippen molar-refractivity contribution in [2.24, 2.45) is 0 Å². The monoisotopic (exact) mass is 378 g/mol. The number of benzene rings is 4. The molecule has 0 N–H and O–H groups in total. The van der Waals surface area contributed by atoms with Crippen LogP contribution in [0.1, 0.15) is 5.56 Å². The maximum atomic E-state index is 11.5. The Morgan fingerprint density at radius 1 is 0.759 bits per heavy atom. The number of rotatable bonds is 3. The van der Waals surface area contributed by atoms with Crippen LogP contribution >= 0.6 is 0 Å². The van der Waals surface area contributed by atoms with Gasteiger partial charge < -0.3 is 4.57 Å². The quantitative estimate of drug-likeness (QED) is 0.260. The van der Waals surface area contributed by atoms with Crippen LogP contribution in [0.25, 0.3) is 38.6 Å². The smallest absolute Gasteiger partial charge is 0.277 e. The number of aromatic nitrogens is 1. The molecule has 4 aromatic carbocycles. The molecule has 0 aliphatic carbocycles. The normalized spacial score (nSPS) is 11.2. The predicted molar refractivity (Wildman–Crippen MR) is 118 cm³/mol. The number of hydrogen-bond donors (Lipinski definition) is 0. The van der Waals surface area contributed by atoms with E-state index in [2.05, 4.69) is 47.9 Å². The summed E-state index contributed by atoms with van der Waals surface area (Å²) in [6, 6.07) is 29.6. The van der Waals surface area contributed by atoms with Gasteiger partial charge in [-0.05, 0) is 48.4 Å². The SMILES string of the molecule is Cc1ccccc1-n1c2ccccc2c2cc(-c3ccccc3[N+](=O)[O-])ccc21. The maximum absolute atomic E-state index is 11.5. The Morgan fingerprint density at radius 2 is 1.45 bits per heavy atom. The largest absolute Gasteiger partial charge is 0.309 e. The van der Waals surface area contributed by atoms with Crippen LogP contribution in [0.5, 0.6) is 0 Å². The Kier molecular flexibility index (Phi) is 3.91. The van der Waals surface area contributed by atoms with Crippen LogP contribution in [0.15, 0.2) is 91.0 Å². The van der Waals surface area contributed by atoms with Crippen LogP contribution in [-0.2, 0) is 0 Å². The lowest BCUT2D eigenvalue weighted by molar-refractivity contribution is -0.384. The van der Waals surface area contributed by atoms with Crippen LogP contribution in [0.3, 0.4) is 0 Å². The Balaban J connectivity index is 1.85.